The van der Waals surface area contributed by atoms with Gasteiger partial charge in [-0.15, -0.1) is 4.98 Å². The fourth-order valence-electron chi connectivity index (χ4n) is 6.30. The van der Waals surface area contributed by atoms with Gasteiger partial charge in [-0.2, -0.15) is 0 Å². The molecule has 0 saturated carbocycles. The zero-order chi connectivity index (χ0) is 31.0. The van der Waals surface area contributed by atoms with Crippen LogP contribution in [0, 0.1) is 25.1 Å². The van der Waals surface area contributed by atoms with Crippen LogP contribution in [0.1, 0.15) is 41.3 Å². The minimum atomic E-state index is -0.310. The van der Waals surface area contributed by atoms with Crippen LogP contribution in [0.3, 0.4) is 0 Å². The van der Waals surface area contributed by atoms with E-state index in [4.69, 9.17) is 6.57 Å². The Hall–Kier alpha value is -4.94. The van der Waals surface area contributed by atoms with Crippen LogP contribution >= 0.6 is 0 Å². The van der Waals surface area contributed by atoms with Gasteiger partial charge in [-0.3, -0.25) is 14.7 Å². The SMILES string of the molecule is [C-]#[N+]c1ccc2c(n1)c(N1CC(C)N(CC(c3ccc(F)cc3)c3ccc(F)cc3)C(c3ccnc(C)c3)C1)cc(=O)n2C. The topological polar surface area (TPSA) is 58.6 Å². The van der Waals surface area contributed by atoms with E-state index in [2.05, 4.69) is 37.6 Å². The summed E-state index contributed by atoms with van der Waals surface area (Å²) in [6.07, 6.45) is 1.81. The van der Waals surface area contributed by atoms with E-state index in [1.165, 1.54) is 24.3 Å². The Kier molecular flexibility index (Phi) is 7.93. The number of nitrogens with zero attached hydrogens (tertiary/aromatic N) is 6. The van der Waals surface area contributed by atoms with Crippen LogP contribution in [-0.4, -0.2) is 45.1 Å². The lowest BCUT2D eigenvalue weighted by atomic mass is 9.88. The molecule has 1 aliphatic rings. The van der Waals surface area contributed by atoms with Crippen LogP contribution in [0.15, 0.2) is 89.9 Å². The lowest BCUT2D eigenvalue weighted by molar-refractivity contribution is 0.117. The summed E-state index contributed by atoms with van der Waals surface area (Å²) < 4.78 is 29.4. The van der Waals surface area contributed by atoms with Crippen LogP contribution in [0.25, 0.3) is 15.9 Å². The van der Waals surface area contributed by atoms with Gasteiger partial charge in [0, 0.05) is 56.6 Å². The molecule has 44 heavy (non-hydrogen) atoms. The van der Waals surface area contributed by atoms with E-state index in [0.29, 0.717) is 36.4 Å². The molecular formula is C35H32F2N6O. The highest BCUT2D eigenvalue weighted by Crippen LogP contribution is 2.37. The Morgan fingerprint density at radius 3 is 2.23 bits per heavy atom. The Labute approximate surface area is 254 Å². The van der Waals surface area contributed by atoms with E-state index in [0.717, 1.165) is 22.4 Å². The maximum Gasteiger partial charge on any atom is 0.270 e. The van der Waals surface area contributed by atoms with Gasteiger partial charge in [0.25, 0.3) is 11.4 Å². The molecule has 1 aliphatic heterocycles. The molecule has 5 aromatic rings. The first-order valence-corrected chi connectivity index (χ1v) is 14.5. The number of hydrogen-bond acceptors (Lipinski definition) is 5. The van der Waals surface area contributed by atoms with Crippen molar-refractivity contribution in [2.24, 2.45) is 7.05 Å². The summed E-state index contributed by atoms with van der Waals surface area (Å²) in [5.41, 5.74) is 5.67. The molecule has 0 bridgehead atoms. The van der Waals surface area contributed by atoms with Gasteiger partial charge in [-0.1, -0.05) is 30.8 Å². The van der Waals surface area contributed by atoms with Crippen LogP contribution in [0.4, 0.5) is 20.3 Å². The van der Waals surface area contributed by atoms with Crippen molar-refractivity contribution in [1.82, 2.24) is 19.4 Å². The molecule has 1 fully saturated rings. The highest BCUT2D eigenvalue weighted by atomic mass is 19.1. The molecule has 0 radical (unpaired) electrons. The van der Waals surface area contributed by atoms with E-state index in [1.54, 1.807) is 60.3 Å². The number of aromatic nitrogens is 3. The van der Waals surface area contributed by atoms with Crippen LogP contribution in [-0.2, 0) is 7.05 Å². The monoisotopic (exact) mass is 590 g/mol. The molecular weight excluding hydrogens is 558 g/mol. The molecule has 2 atom stereocenters. The normalized spacial score (nSPS) is 17.2. The van der Waals surface area contributed by atoms with Crippen molar-refractivity contribution in [3.05, 3.63) is 141 Å². The minimum Gasteiger partial charge on any atom is -0.364 e. The highest BCUT2D eigenvalue weighted by Gasteiger charge is 2.36. The zero-order valence-electron chi connectivity index (χ0n) is 24.8. The first kappa shape index (κ1) is 29.1. The van der Waals surface area contributed by atoms with Gasteiger partial charge in [0.1, 0.15) is 11.6 Å². The quantitative estimate of drug-likeness (QED) is 0.210. The van der Waals surface area contributed by atoms with Crippen LogP contribution < -0.4 is 10.5 Å². The molecule has 9 heteroatoms. The van der Waals surface area contributed by atoms with Gasteiger partial charge in [0.05, 0.1) is 17.2 Å². The second-order valence-electron chi connectivity index (χ2n) is 11.4. The van der Waals surface area contributed by atoms with Crippen molar-refractivity contribution in [2.45, 2.75) is 31.8 Å². The third-order valence-corrected chi connectivity index (χ3v) is 8.60. The number of halogens is 2. The maximum atomic E-state index is 13.9. The van der Waals surface area contributed by atoms with E-state index in [-0.39, 0.29) is 41.0 Å². The van der Waals surface area contributed by atoms with Gasteiger partial charge < -0.3 is 14.3 Å². The summed E-state index contributed by atoms with van der Waals surface area (Å²) in [7, 11) is 1.71. The molecule has 0 aliphatic carbocycles. The van der Waals surface area contributed by atoms with E-state index in [9.17, 15) is 13.6 Å². The number of piperazine rings is 1. The van der Waals surface area contributed by atoms with E-state index in [1.807, 2.05) is 13.0 Å². The van der Waals surface area contributed by atoms with Crippen molar-refractivity contribution in [2.75, 3.05) is 24.5 Å². The second-order valence-corrected chi connectivity index (χ2v) is 11.4. The molecule has 4 heterocycles. The average Bonchev–Trinajstić information content (AvgIpc) is 3.03. The van der Waals surface area contributed by atoms with Gasteiger partial charge in [-0.05, 0) is 79.1 Å². The Bertz CT molecular complexity index is 1870. The number of benzene rings is 2. The Morgan fingerprint density at radius 1 is 0.955 bits per heavy atom. The third-order valence-electron chi connectivity index (χ3n) is 8.60. The van der Waals surface area contributed by atoms with Crippen molar-refractivity contribution < 1.29 is 8.78 Å². The molecule has 0 amide bonds. The smallest absolute Gasteiger partial charge is 0.270 e. The number of aryl methyl sites for hydroxylation is 2. The van der Waals surface area contributed by atoms with Gasteiger partial charge in [0.15, 0.2) is 0 Å². The molecule has 2 aromatic carbocycles. The van der Waals surface area contributed by atoms with Crippen molar-refractivity contribution >= 4 is 22.5 Å². The number of anilines is 1. The molecule has 7 nitrogen and oxygen atoms in total. The summed E-state index contributed by atoms with van der Waals surface area (Å²) >= 11 is 0. The molecule has 6 rings (SSSR count). The number of hydrogen-bond donors (Lipinski definition) is 0. The summed E-state index contributed by atoms with van der Waals surface area (Å²) in [5, 5.41) is 0. The van der Waals surface area contributed by atoms with Crippen molar-refractivity contribution in [1.29, 1.82) is 0 Å². The lowest BCUT2D eigenvalue weighted by Gasteiger charge is -2.48. The lowest BCUT2D eigenvalue weighted by Crippen LogP contribution is -2.55. The summed E-state index contributed by atoms with van der Waals surface area (Å²) in [4.78, 5) is 30.3. The molecule has 0 N–H and O–H groups in total. The molecule has 1 saturated heterocycles. The Morgan fingerprint density at radius 2 is 1.61 bits per heavy atom. The summed E-state index contributed by atoms with van der Waals surface area (Å²) in [6, 6.07) is 22.0. The molecule has 2 unspecified atom stereocenters. The first-order chi connectivity index (χ1) is 21.2. The predicted molar refractivity (Wildman–Crippen MR) is 168 cm³/mol. The zero-order valence-corrected chi connectivity index (χ0v) is 24.8. The summed E-state index contributed by atoms with van der Waals surface area (Å²) in [6.45, 7) is 13.4. The average molecular weight is 591 g/mol. The van der Waals surface area contributed by atoms with Crippen LogP contribution in [0.5, 0.6) is 0 Å². The minimum absolute atomic E-state index is 0.00812. The maximum absolute atomic E-state index is 13.9. The summed E-state index contributed by atoms with van der Waals surface area (Å²) in [5.74, 6) is -0.500. The van der Waals surface area contributed by atoms with Crippen molar-refractivity contribution in [3.63, 3.8) is 0 Å². The van der Waals surface area contributed by atoms with Gasteiger partial charge in [-0.25, -0.2) is 8.78 Å². The number of fused-ring (bicyclic) bond motifs is 1. The second kappa shape index (κ2) is 12.0. The predicted octanol–water partition coefficient (Wildman–Crippen LogP) is 6.55. The number of rotatable bonds is 6. The highest BCUT2D eigenvalue weighted by molar-refractivity contribution is 5.89. The standard InChI is InChI=1S/C35H32F2N6O/c1-22-17-26(15-16-39-22)32-21-42(31-18-34(44)41(4)30-13-14-33(38-3)40-35(30)31)19-23(2)43(32)20-29(24-5-9-27(36)10-6-24)25-7-11-28(37)12-8-25/h5-18,23,29,32H,19-21H2,1-2,4H3. The molecule has 222 valence electrons. The first-order valence-electron chi connectivity index (χ1n) is 14.5. The molecule has 0 spiro atoms. The van der Waals surface area contributed by atoms with Gasteiger partial charge >= 0.3 is 0 Å². The molecule has 3 aromatic heterocycles. The fraction of sp³-hybridized carbons (Fsp3) is 0.257. The Balaban J connectivity index is 1.44. The largest absolute Gasteiger partial charge is 0.364 e. The van der Waals surface area contributed by atoms with Crippen LogP contribution in [0.2, 0.25) is 0 Å². The van der Waals surface area contributed by atoms with Crippen molar-refractivity contribution in [3.8, 4) is 0 Å². The number of pyridine rings is 3. The van der Waals surface area contributed by atoms with Gasteiger partial charge in [0.2, 0.25) is 5.52 Å². The van der Waals surface area contributed by atoms with E-state index < -0.39 is 0 Å². The van der Waals surface area contributed by atoms with E-state index >= 15 is 0 Å². The third kappa shape index (κ3) is 5.69. The fourth-order valence-corrected chi connectivity index (χ4v) is 6.30.